The fraction of sp³-hybridized carbons (Fsp3) is 0.350. The summed E-state index contributed by atoms with van der Waals surface area (Å²) >= 11 is 0. The Labute approximate surface area is 160 Å². The number of benzene rings is 2. The lowest BCUT2D eigenvalue weighted by Crippen LogP contribution is -2.28. The number of fused-ring (bicyclic) bond motifs is 1. The topological polar surface area (TPSA) is 75.7 Å². The molecule has 1 atom stereocenters. The molecule has 27 heavy (non-hydrogen) atoms. The van der Waals surface area contributed by atoms with Crippen molar-refractivity contribution in [2.45, 2.75) is 38.1 Å². The maximum Gasteiger partial charge on any atom is 0.241 e. The van der Waals surface area contributed by atoms with Crippen molar-refractivity contribution < 1.29 is 17.9 Å². The molecule has 1 aliphatic heterocycles. The molecule has 2 aromatic rings. The Morgan fingerprint density at radius 1 is 1.26 bits per heavy atom. The summed E-state index contributed by atoms with van der Waals surface area (Å²) in [5.41, 5.74) is 2.48. The first-order valence-corrected chi connectivity index (χ1v) is 10.5. The Hall–Kier alpha value is -2.38. The fourth-order valence-corrected chi connectivity index (χ4v) is 4.51. The lowest BCUT2D eigenvalue weighted by Gasteiger charge is -2.18. The van der Waals surface area contributed by atoms with E-state index in [-0.39, 0.29) is 10.8 Å². The molecule has 0 fully saturated rings. The normalized spacial score (nSPS) is 14.7. The molecule has 1 unspecified atom stereocenters. The molecule has 1 aliphatic rings. The van der Waals surface area contributed by atoms with E-state index in [1.54, 1.807) is 30.0 Å². The predicted molar refractivity (Wildman–Crippen MR) is 105 cm³/mol. The molecule has 0 spiro atoms. The van der Waals surface area contributed by atoms with E-state index in [4.69, 9.17) is 4.74 Å². The zero-order valence-corrected chi connectivity index (χ0v) is 16.5. The van der Waals surface area contributed by atoms with Gasteiger partial charge in [-0.3, -0.25) is 4.79 Å². The maximum atomic E-state index is 12.9. The molecule has 0 aromatic heterocycles. The highest BCUT2D eigenvalue weighted by Gasteiger charge is 2.26. The van der Waals surface area contributed by atoms with Gasteiger partial charge in [0.05, 0.1) is 11.5 Å². The van der Waals surface area contributed by atoms with Crippen molar-refractivity contribution in [2.24, 2.45) is 0 Å². The molecule has 144 valence electrons. The number of anilines is 1. The number of hydrogen-bond acceptors (Lipinski definition) is 4. The minimum absolute atomic E-state index is 0.0858. The SMILES string of the molecule is CCOc1cccc(C(C)NS(=O)(=O)c2ccc3c(c2)N(C(C)=O)CC3)c1. The van der Waals surface area contributed by atoms with Gasteiger partial charge in [-0.1, -0.05) is 18.2 Å². The monoisotopic (exact) mass is 388 g/mol. The molecule has 0 saturated carbocycles. The zero-order chi connectivity index (χ0) is 19.6. The van der Waals surface area contributed by atoms with Crippen LogP contribution in [0.4, 0.5) is 5.69 Å². The molecular weight excluding hydrogens is 364 g/mol. The average Bonchev–Trinajstić information content (AvgIpc) is 3.05. The van der Waals surface area contributed by atoms with Crippen molar-refractivity contribution in [1.82, 2.24) is 4.72 Å². The van der Waals surface area contributed by atoms with Crippen LogP contribution >= 0.6 is 0 Å². The molecule has 2 aromatic carbocycles. The van der Waals surface area contributed by atoms with E-state index in [2.05, 4.69) is 4.72 Å². The summed E-state index contributed by atoms with van der Waals surface area (Å²) in [5, 5.41) is 0. The number of hydrogen-bond donors (Lipinski definition) is 1. The van der Waals surface area contributed by atoms with Crippen molar-refractivity contribution in [1.29, 1.82) is 0 Å². The van der Waals surface area contributed by atoms with E-state index in [0.717, 1.165) is 17.5 Å². The van der Waals surface area contributed by atoms with Gasteiger partial charge in [0, 0.05) is 25.2 Å². The molecule has 7 heteroatoms. The van der Waals surface area contributed by atoms with Gasteiger partial charge >= 0.3 is 0 Å². The quantitative estimate of drug-likeness (QED) is 0.825. The summed E-state index contributed by atoms with van der Waals surface area (Å²) < 4.78 is 33.9. The average molecular weight is 388 g/mol. The van der Waals surface area contributed by atoms with Crippen LogP contribution in [0.5, 0.6) is 5.75 Å². The highest BCUT2D eigenvalue weighted by Crippen LogP contribution is 2.31. The maximum absolute atomic E-state index is 12.9. The summed E-state index contributed by atoms with van der Waals surface area (Å²) in [6, 6.07) is 11.9. The minimum Gasteiger partial charge on any atom is -0.494 e. The Morgan fingerprint density at radius 2 is 2.04 bits per heavy atom. The molecule has 0 aliphatic carbocycles. The molecule has 6 nitrogen and oxygen atoms in total. The smallest absolute Gasteiger partial charge is 0.241 e. The summed E-state index contributed by atoms with van der Waals surface area (Å²) in [6.45, 7) is 6.31. The molecule has 1 N–H and O–H groups in total. The summed E-state index contributed by atoms with van der Waals surface area (Å²) in [4.78, 5) is 13.5. The second-order valence-electron chi connectivity index (χ2n) is 6.56. The number of ether oxygens (including phenoxy) is 1. The van der Waals surface area contributed by atoms with Crippen LogP contribution in [-0.4, -0.2) is 27.5 Å². The minimum atomic E-state index is -3.73. The van der Waals surface area contributed by atoms with Crippen molar-refractivity contribution in [2.75, 3.05) is 18.1 Å². The van der Waals surface area contributed by atoms with Crippen LogP contribution in [0.1, 0.15) is 37.9 Å². The molecule has 0 bridgehead atoms. The third-order valence-electron chi connectivity index (χ3n) is 4.64. The van der Waals surface area contributed by atoms with Gasteiger partial charge in [-0.05, 0) is 55.7 Å². The number of nitrogens with one attached hydrogen (secondary N) is 1. The highest BCUT2D eigenvalue weighted by atomic mass is 32.2. The second kappa shape index (κ2) is 7.70. The van der Waals surface area contributed by atoms with Crippen LogP contribution in [0.15, 0.2) is 47.4 Å². The fourth-order valence-electron chi connectivity index (χ4n) is 3.26. The Morgan fingerprint density at radius 3 is 2.74 bits per heavy atom. The number of amides is 1. The molecule has 1 heterocycles. The lowest BCUT2D eigenvalue weighted by molar-refractivity contribution is -0.116. The molecule has 3 rings (SSSR count). The standard InChI is InChI=1S/C20H24N2O4S/c1-4-26-18-7-5-6-17(12-18)14(2)21-27(24,25)19-9-8-16-10-11-22(15(3)23)20(16)13-19/h5-9,12-14,21H,4,10-11H2,1-3H3. The number of carbonyl (C=O) groups excluding carboxylic acids is 1. The summed E-state index contributed by atoms with van der Waals surface area (Å²) in [7, 11) is -3.73. The first-order chi connectivity index (χ1) is 12.8. The van der Waals surface area contributed by atoms with E-state index in [1.165, 1.54) is 6.92 Å². The largest absolute Gasteiger partial charge is 0.494 e. The summed E-state index contributed by atoms with van der Waals surface area (Å²) in [5.74, 6) is 0.619. The van der Waals surface area contributed by atoms with Crippen LogP contribution < -0.4 is 14.4 Å². The number of carbonyl (C=O) groups is 1. The molecular formula is C20H24N2O4S. The van der Waals surface area contributed by atoms with Gasteiger partial charge in [-0.2, -0.15) is 0 Å². The Kier molecular flexibility index (Phi) is 5.53. The first kappa shape index (κ1) is 19.4. The van der Waals surface area contributed by atoms with Crippen molar-refractivity contribution in [3.63, 3.8) is 0 Å². The number of nitrogens with zero attached hydrogens (tertiary/aromatic N) is 1. The van der Waals surface area contributed by atoms with E-state index >= 15 is 0 Å². The second-order valence-corrected chi connectivity index (χ2v) is 8.27. The van der Waals surface area contributed by atoms with Gasteiger partial charge in [0.2, 0.25) is 15.9 Å². The van der Waals surface area contributed by atoms with Gasteiger partial charge in [-0.25, -0.2) is 13.1 Å². The van der Waals surface area contributed by atoms with E-state index < -0.39 is 16.1 Å². The van der Waals surface area contributed by atoms with Crippen molar-refractivity contribution >= 4 is 21.6 Å². The Balaban J connectivity index is 1.84. The van der Waals surface area contributed by atoms with Crippen molar-refractivity contribution in [3.8, 4) is 5.75 Å². The van der Waals surface area contributed by atoms with Crippen molar-refractivity contribution in [3.05, 3.63) is 53.6 Å². The van der Waals surface area contributed by atoms with Gasteiger partial charge in [0.15, 0.2) is 0 Å². The van der Waals surface area contributed by atoms with E-state index in [1.807, 2.05) is 31.2 Å². The highest BCUT2D eigenvalue weighted by molar-refractivity contribution is 7.89. The van der Waals surface area contributed by atoms with Gasteiger partial charge in [0.25, 0.3) is 0 Å². The van der Waals surface area contributed by atoms with E-state index in [9.17, 15) is 13.2 Å². The molecule has 0 radical (unpaired) electrons. The first-order valence-electron chi connectivity index (χ1n) is 8.98. The van der Waals surface area contributed by atoms with Crippen LogP contribution in [0.3, 0.4) is 0 Å². The van der Waals surface area contributed by atoms with Gasteiger partial charge in [0.1, 0.15) is 5.75 Å². The lowest BCUT2D eigenvalue weighted by atomic mass is 10.1. The predicted octanol–water partition coefficient (Wildman–Crippen LogP) is 3.03. The molecule has 1 amide bonds. The summed E-state index contributed by atoms with van der Waals surface area (Å²) in [6.07, 6.45) is 0.739. The number of sulfonamides is 1. The van der Waals surface area contributed by atoms with Crippen LogP contribution in [-0.2, 0) is 21.2 Å². The van der Waals surface area contributed by atoms with E-state index in [0.29, 0.717) is 24.6 Å². The third kappa shape index (κ3) is 4.14. The number of rotatable bonds is 6. The van der Waals surface area contributed by atoms with Gasteiger partial charge < -0.3 is 9.64 Å². The van der Waals surface area contributed by atoms with Crippen LogP contribution in [0, 0.1) is 0 Å². The van der Waals surface area contributed by atoms with Crippen LogP contribution in [0.25, 0.3) is 0 Å². The Bertz CT molecular complexity index is 956. The van der Waals surface area contributed by atoms with Crippen LogP contribution in [0.2, 0.25) is 0 Å². The molecule has 0 saturated heterocycles. The third-order valence-corrected chi connectivity index (χ3v) is 6.18. The van der Waals surface area contributed by atoms with Gasteiger partial charge in [-0.15, -0.1) is 0 Å². The zero-order valence-electron chi connectivity index (χ0n) is 15.7.